The molecule has 3 atom stereocenters. The molecule has 3 aliphatic carbocycles. The second kappa shape index (κ2) is 19.8. The molecule has 9 heteroatoms. The number of Topliss-reactive ketones (excluding diaryl/α,β-unsaturated/α-hetero) is 1. The zero-order valence-corrected chi connectivity index (χ0v) is 33.4. The third kappa shape index (κ3) is 13.8. The molecule has 3 aliphatic rings. The molecular weight excluding hydrogens is 745 g/mol. The molecular formula is C40H51BF4OPRhSi+. The maximum atomic E-state index is 10.7. The van der Waals surface area contributed by atoms with E-state index in [1.807, 2.05) is 0 Å². The summed E-state index contributed by atoms with van der Waals surface area (Å²) in [5.74, 6) is 9.34. The Morgan fingerprint density at radius 2 is 1.39 bits per heavy atom. The number of carbonyl (C=O) groups excluding carboxylic acids is 1. The fourth-order valence-corrected chi connectivity index (χ4v) is 10.2. The van der Waals surface area contributed by atoms with Crippen LogP contribution >= 0.6 is 7.92 Å². The van der Waals surface area contributed by atoms with E-state index in [1.54, 1.807) is 11.8 Å². The van der Waals surface area contributed by atoms with Crippen LogP contribution in [-0.4, -0.2) is 27.3 Å². The van der Waals surface area contributed by atoms with Gasteiger partial charge in [-0.15, -0.1) is 0 Å². The van der Waals surface area contributed by atoms with Crippen LogP contribution in [-0.2, 0) is 24.3 Å². The van der Waals surface area contributed by atoms with E-state index in [2.05, 4.69) is 132 Å². The van der Waals surface area contributed by atoms with E-state index in [-0.39, 0.29) is 33.2 Å². The molecule has 2 aromatic rings. The van der Waals surface area contributed by atoms with Crippen LogP contribution in [0.4, 0.5) is 17.3 Å². The van der Waals surface area contributed by atoms with Gasteiger partial charge in [-0.2, -0.15) is 5.20 Å². The average Bonchev–Trinajstić information content (AvgIpc) is 3.39. The minimum absolute atomic E-state index is 0. The van der Waals surface area contributed by atoms with Crippen molar-refractivity contribution in [3.05, 3.63) is 127 Å². The molecule has 0 unspecified atom stereocenters. The molecule has 0 aromatic heterocycles. The number of fused-ring (bicyclic) bond motifs is 1. The van der Waals surface area contributed by atoms with Gasteiger partial charge in [-0.1, -0.05) is 139 Å². The van der Waals surface area contributed by atoms with Crippen LogP contribution in [0.5, 0.6) is 0 Å². The molecule has 0 saturated heterocycles. The van der Waals surface area contributed by atoms with Gasteiger partial charge in [0, 0.05) is 19.9 Å². The number of hydrogen-bond acceptors (Lipinski definition) is 1. The summed E-state index contributed by atoms with van der Waals surface area (Å²) >= 11 is 0. The first-order valence-electron chi connectivity index (χ1n) is 17.0. The predicted octanol–water partition coefficient (Wildman–Crippen LogP) is 11.0. The number of carbonyl (C=O) groups is 1. The Hall–Kier alpha value is -1.61. The number of rotatable bonds is 9. The molecule has 1 nitrogen and oxygen atoms in total. The number of allylic oxidation sites excluding steroid dienone is 5. The van der Waals surface area contributed by atoms with Gasteiger partial charge >= 0.3 is 26.7 Å². The first-order chi connectivity index (χ1) is 22.5. The van der Waals surface area contributed by atoms with Crippen molar-refractivity contribution in [1.82, 2.24) is 0 Å². The number of halogens is 4. The van der Waals surface area contributed by atoms with E-state index >= 15 is 0 Å². The Kier molecular flexibility index (Phi) is 17.6. The Balaban J connectivity index is 0.000000471. The van der Waals surface area contributed by atoms with E-state index in [4.69, 9.17) is 6.58 Å². The topological polar surface area (TPSA) is 17.1 Å². The molecule has 2 saturated carbocycles. The van der Waals surface area contributed by atoms with Crippen LogP contribution < -0.4 is 10.6 Å². The van der Waals surface area contributed by atoms with E-state index < -0.39 is 15.3 Å². The molecule has 0 spiro atoms. The van der Waals surface area contributed by atoms with Crippen LogP contribution in [0.1, 0.15) is 53.4 Å². The Labute approximate surface area is 309 Å². The summed E-state index contributed by atoms with van der Waals surface area (Å²) in [5.41, 5.74) is 0. The van der Waals surface area contributed by atoms with Crippen molar-refractivity contribution in [3.63, 3.8) is 0 Å². The van der Waals surface area contributed by atoms with Crippen molar-refractivity contribution in [2.45, 2.75) is 73.0 Å². The van der Waals surface area contributed by atoms with Gasteiger partial charge in [0.15, 0.2) is 0 Å². The summed E-state index contributed by atoms with van der Waals surface area (Å²) in [4.78, 5) is 10.7. The predicted molar refractivity (Wildman–Crippen MR) is 201 cm³/mol. The van der Waals surface area contributed by atoms with Gasteiger partial charge in [0.1, 0.15) is 0 Å². The standard InChI is InChI=1S/C33H38P.C7H13OSi.BF4.Rh/c1-24(2)29-19-18-25(3)22-32(29)33-23-26(30-16-10-11-17-31(30)33)20-21-34(27-12-6-4-7-13-27)28-14-8-5-9-15-28;1-6(8)7(2)9(3,4)5;2-1(3,4)5;/h4-17,23-25,29,32H,18-22H2,1-3H3;2H,1,3-5H3;;/q;2*-1;+3/t25-,29-,32-;;;/m1.../s1. The molecule has 0 bridgehead atoms. The van der Waals surface area contributed by atoms with Crippen LogP contribution in [0.2, 0.25) is 19.6 Å². The average molecular weight is 797 g/mol. The van der Waals surface area contributed by atoms with Gasteiger partial charge < -0.3 is 22.1 Å². The van der Waals surface area contributed by atoms with Crippen LogP contribution in [0.3, 0.4) is 0 Å². The van der Waals surface area contributed by atoms with Gasteiger partial charge in [0.05, 0.1) is 0 Å². The molecule has 2 aromatic carbocycles. The summed E-state index contributed by atoms with van der Waals surface area (Å²) in [7, 11) is -7.84. The fraction of sp³-hybridized carbons (Fsp3) is 0.400. The van der Waals surface area contributed by atoms with Crippen molar-refractivity contribution < 1.29 is 41.5 Å². The van der Waals surface area contributed by atoms with Gasteiger partial charge in [-0.05, 0) is 91.7 Å². The fourth-order valence-electron chi connectivity index (χ4n) is 6.82. The third-order valence-corrected chi connectivity index (χ3v) is 13.7. The molecule has 0 heterocycles. The van der Waals surface area contributed by atoms with E-state index in [0.717, 1.165) is 24.2 Å². The van der Waals surface area contributed by atoms with Gasteiger partial charge in [0.2, 0.25) is 0 Å². The molecule has 0 aliphatic heterocycles. The Morgan fingerprint density at radius 3 is 1.82 bits per heavy atom. The van der Waals surface area contributed by atoms with E-state index in [0.29, 0.717) is 11.1 Å². The molecule has 5 rings (SSSR count). The molecule has 2 fully saturated rings. The molecule has 0 N–H and O–H groups in total. The van der Waals surface area contributed by atoms with Crippen LogP contribution in [0.25, 0.3) is 0 Å². The first-order valence-corrected chi connectivity index (χ1v) is 22.1. The Morgan fingerprint density at radius 1 is 0.898 bits per heavy atom. The number of hydrogen-bond donors (Lipinski definition) is 0. The summed E-state index contributed by atoms with van der Waals surface area (Å²) in [6, 6.07) is 22.3. The second-order valence-electron chi connectivity index (χ2n) is 14.4. The zero-order valence-electron chi connectivity index (χ0n) is 29.9. The molecule has 49 heavy (non-hydrogen) atoms. The van der Waals surface area contributed by atoms with Crippen molar-refractivity contribution in [2.24, 2.45) is 23.7 Å². The maximum absolute atomic E-state index is 10.7. The van der Waals surface area contributed by atoms with Crippen molar-refractivity contribution in [1.29, 1.82) is 0 Å². The normalized spacial score (nSPS) is 21.7. The molecule has 265 valence electrons. The molecule has 5 radical (unpaired) electrons. The van der Waals surface area contributed by atoms with Crippen molar-refractivity contribution in [3.8, 4) is 0 Å². The van der Waals surface area contributed by atoms with Gasteiger partial charge in [-0.25, -0.2) is 0 Å². The number of ketones is 1. The first kappa shape index (κ1) is 43.5. The zero-order chi connectivity index (χ0) is 35.6. The monoisotopic (exact) mass is 796 g/mol. The minimum Gasteiger partial charge on any atom is -0.418 e. The van der Waals surface area contributed by atoms with Crippen molar-refractivity contribution in [2.75, 3.05) is 6.16 Å². The SMILES string of the molecule is CC(C)[C@H]1CC[C@@H](C)C[C@H]1[C]1[CH][C](CCP(c2ccccc2)c2ccccc2)[C]2C=CC=C[C]21.F[B-](F)(F)F.[CH-]=C(C(C)=O)[Si](C)(C)C.[Rh+3]. The van der Waals surface area contributed by atoms with Gasteiger partial charge in [-0.3, -0.25) is 6.58 Å². The summed E-state index contributed by atoms with van der Waals surface area (Å²) in [5, 5.41) is 3.56. The smallest absolute Gasteiger partial charge is 0.418 e. The number of benzene rings is 2. The summed E-state index contributed by atoms with van der Waals surface area (Å²) in [6.07, 6.45) is 18.3. The van der Waals surface area contributed by atoms with E-state index in [1.165, 1.54) is 54.8 Å². The summed E-state index contributed by atoms with van der Waals surface area (Å²) < 4.78 is 39.0. The Bertz CT molecular complexity index is 1320. The third-order valence-electron chi connectivity index (χ3n) is 9.26. The minimum atomic E-state index is -6.00. The van der Waals surface area contributed by atoms with Gasteiger partial charge in [0.25, 0.3) is 0 Å². The van der Waals surface area contributed by atoms with Crippen LogP contribution in [0, 0.1) is 60.3 Å². The molecule has 0 amide bonds. The van der Waals surface area contributed by atoms with Crippen molar-refractivity contribution >= 4 is 39.6 Å². The van der Waals surface area contributed by atoms with E-state index in [9.17, 15) is 22.1 Å². The van der Waals surface area contributed by atoms with Crippen LogP contribution in [0.15, 0.2) is 90.2 Å². The largest absolute Gasteiger partial charge is 3.00 e. The maximum Gasteiger partial charge on any atom is 3.00 e. The second-order valence-corrected chi connectivity index (χ2v) is 21.8. The quantitative estimate of drug-likeness (QED) is 0.0812. The summed E-state index contributed by atoms with van der Waals surface area (Å²) in [6.45, 7) is 20.6.